The molecular weight excluding hydrogens is 338 g/mol. The highest BCUT2D eigenvalue weighted by Crippen LogP contribution is 2.34. The van der Waals surface area contributed by atoms with Crippen LogP contribution in [0.3, 0.4) is 0 Å². The van der Waals surface area contributed by atoms with Crippen molar-refractivity contribution in [1.82, 2.24) is 4.98 Å². The number of nitrogens with zero attached hydrogens (tertiary/aromatic N) is 1. The van der Waals surface area contributed by atoms with E-state index in [1.165, 1.54) is 16.7 Å². The molecule has 0 saturated carbocycles. The Kier molecular flexibility index (Phi) is 5.94. The monoisotopic (exact) mass is 365 g/mol. The van der Waals surface area contributed by atoms with E-state index < -0.39 is 5.97 Å². The second-order valence-electron chi connectivity index (χ2n) is 7.28. The average Bonchev–Trinajstić information content (AvgIpc) is 3.11. The van der Waals surface area contributed by atoms with Crippen LogP contribution >= 0.6 is 0 Å². The van der Waals surface area contributed by atoms with Gasteiger partial charge in [0.1, 0.15) is 12.4 Å². The van der Waals surface area contributed by atoms with Crippen LogP contribution in [-0.4, -0.2) is 22.7 Å². The molecule has 4 heteroatoms. The number of benzene rings is 1. The Morgan fingerprint density at radius 3 is 2.63 bits per heavy atom. The smallest absolute Gasteiger partial charge is 0.303 e. The molecule has 1 aliphatic rings. The number of carbonyl (C=O) groups is 1. The van der Waals surface area contributed by atoms with Crippen molar-refractivity contribution in [2.75, 3.05) is 6.61 Å². The molecule has 1 aliphatic carbocycles. The topological polar surface area (TPSA) is 59.4 Å². The molecule has 0 radical (unpaired) electrons. The van der Waals surface area contributed by atoms with Crippen LogP contribution in [0.4, 0.5) is 0 Å². The standard InChI is InChI=1S/C23H27NO3/c1-15-7-8-19(13-24-15)21-6-4-5-20(21)14-27-22-11-9-18(10-12-23(25)26)16(2)17(22)3/h7-9,11,13H,4-6,10,12,14H2,1-3H3,(H,25,26). The Hall–Kier alpha value is -2.62. The predicted molar refractivity (Wildman–Crippen MR) is 107 cm³/mol. The first-order valence-corrected chi connectivity index (χ1v) is 9.53. The molecular formula is C23H27NO3. The summed E-state index contributed by atoms with van der Waals surface area (Å²) in [6.45, 7) is 6.68. The highest BCUT2D eigenvalue weighted by Gasteiger charge is 2.18. The van der Waals surface area contributed by atoms with E-state index in [0.29, 0.717) is 13.0 Å². The maximum absolute atomic E-state index is 10.8. The van der Waals surface area contributed by atoms with Crippen LogP contribution in [0.25, 0.3) is 5.57 Å². The van der Waals surface area contributed by atoms with Crippen LogP contribution < -0.4 is 4.74 Å². The van der Waals surface area contributed by atoms with Crippen LogP contribution in [0.5, 0.6) is 5.75 Å². The fraction of sp³-hybridized carbons (Fsp3) is 0.391. The zero-order valence-corrected chi connectivity index (χ0v) is 16.3. The van der Waals surface area contributed by atoms with Crippen LogP contribution in [-0.2, 0) is 11.2 Å². The van der Waals surface area contributed by atoms with Gasteiger partial charge in [-0.25, -0.2) is 0 Å². The summed E-state index contributed by atoms with van der Waals surface area (Å²) in [5.74, 6) is 0.117. The number of carboxylic acid groups (broad SMARTS) is 1. The lowest BCUT2D eigenvalue weighted by Gasteiger charge is -2.15. The SMILES string of the molecule is Cc1ccc(C2=C(COc3ccc(CCC(=O)O)c(C)c3C)CCC2)cn1. The first kappa shape index (κ1) is 19.2. The van der Waals surface area contributed by atoms with E-state index in [1.54, 1.807) is 0 Å². The molecule has 3 rings (SSSR count). The third-order valence-electron chi connectivity index (χ3n) is 5.45. The molecule has 0 bridgehead atoms. The van der Waals surface area contributed by atoms with Crippen molar-refractivity contribution in [3.8, 4) is 5.75 Å². The number of hydrogen-bond donors (Lipinski definition) is 1. The molecule has 1 aromatic carbocycles. The van der Waals surface area contributed by atoms with Gasteiger partial charge < -0.3 is 9.84 Å². The van der Waals surface area contributed by atoms with Gasteiger partial charge in [-0.05, 0) is 92.0 Å². The largest absolute Gasteiger partial charge is 0.489 e. The Morgan fingerprint density at radius 1 is 1.11 bits per heavy atom. The maximum atomic E-state index is 10.8. The van der Waals surface area contributed by atoms with Gasteiger partial charge in [-0.3, -0.25) is 9.78 Å². The number of allylic oxidation sites excluding steroid dienone is 1. The summed E-state index contributed by atoms with van der Waals surface area (Å²) in [7, 11) is 0. The fourth-order valence-corrected chi connectivity index (χ4v) is 3.65. The molecule has 0 saturated heterocycles. The third-order valence-corrected chi connectivity index (χ3v) is 5.45. The van der Waals surface area contributed by atoms with Crippen LogP contribution in [0.15, 0.2) is 36.0 Å². The molecule has 1 N–H and O–H groups in total. The zero-order valence-electron chi connectivity index (χ0n) is 16.3. The van der Waals surface area contributed by atoms with Crippen LogP contribution in [0.1, 0.15) is 53.6 Å². The number of aryl methyl sites for hydroxylation is 2. The van der Waals surface area contributed by atoms with Gasteiger partial charge in [0.25, 0.3) is 0 Å². The molecule has 0 atom stereocenters. The van der Waals surface area contributed by atoms with Gasteiger partial charge in [0.05, 0.1) is 0 Å². The minimum Gasteiger partial charge on any atom is -0.489 e. The van der Waals surface area contributed by atoms with Crippen molar-refractivity contribution in [3.05, 3.63) is 64.0 Å². The molecule has 1 aromatic heterocycles. The summed E-state index contributed by atoms with van der Waals surface area (Å²) in [6.07, 6.45) is 5.98. The first-order chi connectivity index (χ1) is 13.0. The number of pyridine rings is 1. The Bertz CT molecular complexity index is 866. The van der Waals surface area contributed by atoms with Crippen LogP contribution in [0.2, 0.25) is 0 Å². The van der Waals surface area contributed by atoms with E-state index in [9.17, 15) is 4.79 Å². The minimum atomic E-state index is -0.765. The van der Waals surface area contributed by atoms with Crippen molar-refractivity contribution in [1.29, 1.82) is 0 Å². The molecule has 4 nitrogen and oxygen atoms in total. The Balaban J connectivity index is 1.74. The van der Waals surface area contributed by atoms with Gasteiger partial charge in [0.15, 0.2) is 0 Å². The highest BCUT2D eigenvalue weighted by atomic mass is 16.5. The molecule has 27 heavy (non-hydrogen) atoms. The number of aliphatic carboxylic acids is 1. The van der Waals surface area contributed by atoms with Crippen LogP contribution in [0, 0.1) is 20.8 Å². The van der Waals surface area contributed by atoms with Crippen molar-refractivity contribution < 1.29 is 14.6 Å². The normalized spacial score (nSPS) is 13.9. The van der Waals surface area contributed by atoms with Gasteiger partial charge in [-0.15, -0.1) is 0 Å². The lowest BCUT2D eigenvalue weighted by molar-refractivity contribution is -0.136. The van der Waals surface area contributed by atoms with Gasteiger partial charge in [0.2, 0.25) is 0 Å². The zero-order chi connectivity index (χ0) is 19.4. The highest BCUT2D eigenvalue weighted by molar-refractivity contribution is 5.70. The van der Waals surface area contributed by atoms with Crippen molar-refractivity contribution in [2.45, 2.75) is 52.9 Å². The van der Waals surface area contributed by atoms with E-state index in [1.807, 2.05) is 39.1 Å². The second-order valence-corrected chi connectivity index (χ2v) is 7.28. The summed E-state index contributed by atoms with van der Waals surface area (Å²) in [5, 5.41) is 8.89. The third kappa shape index (κ3) is 4.57. The Morgan fingerprint density at radius 2 is 1.93 bits per heavy atom. The Labute approximate surface area is 160 Å². The molecule has 0 aliphatic heterocycles. The van der Waals surface area contributed by atoms with E-state index in [4.69, 9.17) is 9.84 Å². The van der Waals surface area contributed by atoms with E-state index in [2.05, 4.69) is 17.1 Å². The molecule has 0 unspecified atom stereocenters. The molecule has 0 amide bonds. The molecule has 1 heterocycles. The maximum Gasteiger partial charge on any atom is 0.303 e. The molecule has 142 valence electrons. The lowest BCUT2D eigenvalue weighted by Crippen LogP contribution is -2.05. The van der Waals surface area contributed by atoms with Gasteiger partial charge in [-0.2, -0.15) is 0 Å². The fourth-order valence-electron chi connectivity index (χ4n) is 3.65. The minimum absolute atomic E-state index is 0.154. The summed E-state index contributed by atoms with van der Waals surface area (Å²) < 4.78 is 6.16. The van der Waals surface area contributed by atoms with Gasteiger partial charge in [0, 0.05) is 18.3 Å². The average molecular weight is 365 g/mol. The summed E-state index contributed by atoms with van der Waals surface area (Å²) >= 11 is 0. The van der Waals surface area contributed by atoms with Crippen molar-refractivity contribution >= 4 is 11.5 Å². The van der Waals surface area contributed by atoms with Gasteiger partial charge >= 0.3 is 5.97 Å². The lowest BCUT2D eigenvalue weighted by atomic mass is 9.99. The number of carboxylic acids is 1. The molecule has 0 fully saturated rings. The van der Waals surface area contributed by atoms with E-state index in [0.717, 1.165) is 47.4 Å². The number of aromatic nitrogens is 1. The van der Waals surface area contributed by atoms with E-state index >= 15 is 0 Å². The number of rotatable bonds is 7. The quantitative estimate of drug-likeness (QED) is 0.747. The summed E-state index contributed by atoms with van der Waals surface area (Å²) in [6, 6.07) is 8.18. The number of ether oxygens (including phenoxy) is 1. The van der Waals surface area contributed by atoms with Gasteiger partial charge in [-0.1, -0.05) is 12.1 Å². The van der Waals surface area contributed by atoms with Crippen molar-refractivity contribution in [2.24, 2.45) is 0 Å². The summed E-state index contributed by atoms with van der Waals surface area (Å²) in [4.78, 5) is 15.2. The number of hydrogen-bond acceptors (Lipinski definition) is 3. The molecule has 2 aromatic rings. The van der Waals surface area contributed by atoms with E-state index in [-0.39, 0.29) is 6.42 Å². The summed E-state index contributed by atoms with van der Waals surface area (Å²) in [5.41, 5.74) is 8.25. The second kappa shape index (κ2) is 8.38. The molecule has 0 spiro atoms. The van der Waals surface area contributed by atoms with Crippen molar-refractivity contribution in [3.63, 3.8) is 0 Å². The first-order valence-electron chi connectivity index (χ1n) is 9.53. The predicted octanol–water partition coefficient (Wildman–Crippen LogP) is 5.04.